The number of sulfonamides is 1. The molecule has 0 heterocycles. The Hall–Kier alpha value is -1.60. The number of hydrogen-bond donors (Lipinski definition) is 1. The van der Waals surface area contributed by atoms with E-state index in [9.17, 15) is 8.42 Å². The van der Waals surface area contributed by atoms with Gasteiger partial charge in [0, 0.05) is 13.2 Å². The van der Waals surface area contributed by atoms with Gasteiger partial charge in [0.25, 0.3) is 0 Å². The predicted molar refractivity (Wildman–Crippen MR) is 93.8 cm³/mol. The minimum absolute atomic E-state index is 0.0931. The van der Waals surface area contributed by atoms with Gasteiger partial charge in [-0.05, 0) is 36.2 Å². The molecule has 0 atom stereocenters. The average molecular weight is 370 g/mol. The van der Waals surface area contributed by atoms with E-state index in [-0.39, 0.29) is 16.5 Å². The average Bonchev–Trinajstić information content (AvgIpc) is 2.58. The van der Waals surface area contributed by atoms with Crippen LogP contribution in [0.25, 0.3) is 0 Å². The van der Waals surface area contributed by atoms with Gasteiger partial charge in [0.2, 0.25) is 10.0 Å². The second-order valence-electron chi connectivity index (χ2n) is 5.03. The summed E-state index contributed by atoms with van der Waals surface area (Å²) >= 11 is 6.00. The molecule has 0 amide bonds. The van der Waals surface area contributed by atoms with E-state index in [4.69, 9.17) is 21.1 Å². The van der Waals surface area contributed by atoms with Crippen molar-refractivity contribution in [1.29, 1.82) is 0 Å². The third-order valence-electron chi connectivity index (χ3n) is 3.47. The molecule has 0 aliphatic heterocycles. The SMILES string of the molecule is CCOCc1ccccc1CNS(=O)(=O)c1ccc(OC)c(Cl)c1. The van der Waals surface area contributed by atoms with Gasteiger partial charge in [-0.15, -0.1) is 0 Å². The maximum Gasteiger partial charge on any atom is 0.240 e. The molecule has 0 aromatic heterocycles. The Bertz CT molecular complexity index is 793. The molecule has 0 aliphatic rings. The fourth-order valence-corrected chi connectivity index (χ4v) is 3.51. The highest BCUT2D eigenvalue weighted by molar-refractivity contribution is 7.89. The van der Waals surface area contributed by atoms with Crippen LogP contribution in [0, 0.1) is 0 Å². The van der Waals surface area contributed by atoms with Crippen LogP contribution in [0.5, 0.6) is 5.75 Å². The van der Waals surface area contributed by atoms with Gasteiger partial charge in [-0.3, -0.25) is 0 Å². The molecule has 0 saturated carbocycles. The Morgan fingerprint density at radius 2 is 1.83 bits per heavy atom. The molecule has 7 heteroatoms. The molecule has 0 aliphatic carbocycles. The molecule has 2 aromatic rings. The zero-order chi connectivity index (χ0) is 17.6. The largest absolute Gasteiger partial charge is 0.495 e. The predicted octanol–water partition coefficient (Wildman–Crippen LogP) is 3.36. The van der Waals surface area contributed by atoms with Crippen molar-refractivity contribution in [2.45, 2.75) is 25.0 Å². The quantitative estimate of drug-likeness (QED) is 0.774. The van der Waals surface area contributed by atoms with Gasteiger partial charge in [-0.25, -0.2) is 13.1 Å². The van der Waals surface area contributed by atoms with Crippen molar-refractivity contribution in [2.24, 2.45) is 0 Å². The van der Waals surface area contributed by atoms with Crippen molar-refractivity contribution in [2.75, 3.05) is 13.7 Å². The summed E-state index contributed by atoms with van der Waals surface area (Å²) in [7, 11) is -2.20. The number of nitrogens with one attached hydrogen (secondary N) is 1. The maximum atomic E-state index is 12.4. The fraction of sp³-hybridized carbons (Fsp3) is 0.294. The topological polar surface area (TPSA) is 64.6 Å². The fourth-order valence-electron chi connectivity index (χ4n) is 2.15. The van der Waals surface area contributed by atoms with E-state index in [2.05, 4.69) is 4.72 Å². The molecule has 0 bridgehead atoms. The Labute approximate surface area is 147 Å². The normalized spacial score (nSPS) is 11.5. The van der Waals surface area contributed by atoms with Crippen molar-refractivity contribution in [3.8, 4) is 5.75 Å². The van der Waals surface area contributed by atoms with Gasteiger partial charge in [-0.2, -0.15) is 0 Å². The number of benzene rings is 2. The number of halogens is 1. The smallest absolute Gasteiger partial charge is 0.240 e. The monoisotopic (exact) mass is 369 g/mol. The molecule has 2 aromatic carbocycles. The first kappa shape index (κ1) is 18.7. The van der Waals surface area contributed by atoms with E-state index in [1.807, 2.05) is 31.2 Å². The first-order chi connectivity index (χ1) is 11.5. The Balaban J connectivity index is 2.15. The molecule has 0 saturated heterocycles. The lowest BCUT2D eigenvalue weighted by molar-refractivity contribution is 0.133. The lowest BCUT2D eigenvalue weighted by Gasteiger charge is -2.12. The second-order valence-corrected chi connectivity index (χ2v) is 7.20. The molecular formula is C17H20ClNO4S. The van der Waals surface area contributed by atoms with E-state index >= 15 is 0 Å². The van der Waals surface area contributed by atoms with Gasteiger partial charge >= 0.3 is 0 Å². The van der Waals surface area contributed by atoms with Crippen LogP contribution in [0.3, 0.4) is 0 Å². The summed E-state index contributed by atoms with van der Waals surface area (Å²) in [5.41, 5.74) is 1.82. The van der Waals surface area contributed by atoms with Crippen LogP contribution >= 0.6 is 11.6 Å². The van der Waals surface area contributed by atoms with Crippen LogP contribution < -0.4 is 9.46 Å². The van der Waals surface area contributed by atoms with E-state index in [1.165, 1.54) is 25.3 Å². The van der Waals surface area contributed by atoms with Crippen molar-refractivity contribution >= 4 is 21.6 Å². The first-order valence-electron chi connectivity index (χ1n) is 7.45. The van der Waals surface area contributed by atoms with Gasteiger partial charge in [0.1, 0.15) is 5.75 Å². The Morgan fingerprint density at radius 1 is 1.12 bits per heavy atom. The van der Waals surface area contributed by atoms with Crippen LogP contribution in [0.15, 0.2) is 47.4 Å². The summed E-state index contributed by atoms with van der Waals surface area (Å²) in [5.74, 6) is 0.428. The molecule has 0 spiro atoms. The van der Waals surface area contributed by atoms with Crippen molar-refractivity contribution in [1.82, 2.24) is 4.72 Å². The molecule has 2 rings (SSSR count). The van der Waals surface area contributed by atoms with Gasteiger partial charge in [0.15, 0.2) is 0 Å². The Kier molecular flexibility index (Phi) is 6.62. The van der Waals surface area contributed by atoms with Crippen LogP contribution in [0.1, 0.15) is 18.1 Å². The van der Waals surface area contributed by atoms with Crippen molar-refractivity contribution in [3.63, 3.8) is 0 Å². The molecule has 5 nitrogen and oxygen atoms in total. The zero-order valence-corrected chi connectivity index (χ0v) is 15.2. The number of methoxy groups -OCH3 is 1. The standard InChI is InChI=1S/C17H20ClNO4S/c1-3-23-12-14-7-5-4-6-13(14)11-19-24(20,21)15-8-9-17(22-2)16(18)10-15/h4-10,19H,3,11-12H2,1-2H3. The van der Waals surface area contributed by atoms with E-state index in [0.29, 0.717) is 19.0 Å². The van der Waals surface area contributed by atoms with Crippen molar-refractivity contribution < 1.29 is 17.9 Å². The van der Waals surface area contributed by atoms with Gasteiger partial charge in [0.05, 0.1) is 23.6 Å². The molecule has 24 heavy (non-hydrogen) atoms. The van der Waals surface area contributed by atoms with Crippen LogP contribution in [0.4, 0.5) is 0 Å². The molecular weight excluding hydrogens is 350 g/mol. The summed E-state index contributed by atoms with van der Waals surface area (Å²) in [5, 5.41) is 0.247. The lowest BCUT2D eigenvalue weighted by atomic mass is 10.1. The van der Waals surface area contributed by atoms with Crippen LogP contribution in [0.2, 0.25) is 5.02 Å². The Morgan fingerprint density at radius 3 is 2.46 bits per heavy atom. The van der Waals surface area contributed by atoms with Crippen LogP contribution in [-0.2, 0) is 27.9 Å². The summed E-state index contributed by atoms with van der Waals surface area (Å²) in [6.07, 6.45) is 0. The highest BCUT2D eigenvalue weighted by Gasteiger charge is 2.16. The molecule has 0 unspecified atom stereocenters. The molecule has 130 valence electrons. The minimum Gasteiger partial charge on any atom is -0.495 e. The minimum atomic E-state index is -3.67. The summed E-state index contributed by atoms with van der Waals surface area (Å²) in [4.78, 5) is 0.0931. The molecule has 0 radical (unpaired) electrons. The van der Waals surface area contributed by atoms with E-state index in [0.717, 1.165) is 11.1 Å². The highest BCUT2D eigenvalue weighted by Crippen LogP contribution is 2.27. The third kappa shape index (κ3) is 4.70. The number of ether oxygens (including phenoxy) is 2. The first-order valence-corrected chi connectivity index (χ1v) is 9.31. The van der Waals surface area contributed by atoms with Gasteiger partial charge in [-0.1, -0.05) is 35.9 Å². The van der Waals surface area contributed by atoms with Crippen LogP contribution in [-0.4, -0.2) is 22.1 Å². The summed E-state index contributed by atoms with van der Waals surface area (Å²) < 4.78 is 37.9. The zero-order valence-electron chi connectivity index (χ0n) is 13.6. The number of rotatable bonds is 8. The summed E-state index contributed by atoms with van der Waals surface area (Å²) in [6.45, 7) is 3.14. The maximum absolute atomic E-state index is 12.4. The number of hydrogen-bond acceptors (Lipinski definition) is 4. The highest BCUT2D eigenvalue weighted by atomic mass is 35.5. The molecule has 0 fully saturated rings. The van der Waals surface area contributed by atoms with Crippen molar-refractivity contribution in [3.05, 3.63) is 58.6 Å². The van der Waals surface area contributed by atoms with E-state index in [1.54, 1.807) is 0 Å². The lowest BCUT2D eigenvalue weighted by Crippen LogP contribution is -2.24. The van der Waals surface area contributed by atoms with E-state index < -0.39 is 10.0 Å². The summed E-state index contributed by atoms with van der Waals surface area (Å²) in [6, 6.07) is 11.9. The second kappa shape index (κ2) is 8.48. The third-order valence-corrected chi connectivity index (χ3v) is 5.16. The molecule has 1 N–H and O–H groups in total. The van der Waals surface area contributed by atoms with Gasteiger partial charge < -0.3 is 9.47 Å².